The van der Waals surface area contributed by atoms with E-state index in [2.05, 4.69) is 25.5 Å². The van der Waals surface area contributed by atoms with E-state index in [1.807, 2.05) is 49.2 Å². The van der Waals surface area contributed by atoms with E-state index in [1.54, 1.807) is 13.2 Å². The molecular formula is C27H30F2N6O. The Morgan fingerprint density at radius 3 is 2.61 bits per heavy atom. The number of nitrogens with one attached hydrogen (secondary N) is 2. The number of nitrogens with zero attached hydrogens (tertiary/aromatic N) is 4. The smallest absolute Gasteiger partial charge is 0.227 e. The zero-order chi connectivity index (χ0) is 25.2. The Labute approximate surface area is 209 Å². The average molecular weight is 493 g/mol. The van der Waals surface area contributed by atoms with Crippen LogP contribution < -0.4 is 25.2 Å². The quantitative estimate of drug-likeness (QED) is 0.509. The van der Waals surface area contributed by atoms with E-state index in [4.69, 9.17) is 4.74 Å². The fourth-order valence-corrected chi connectivity index (χ4v) is 4.69. The molecule has 0 spiro atoms. The molecule has 2 N–H and O–H groups in total. The number of rotatable bonds is 6. The van der Waals surface area contributed by atoms with Crippen molar-refractivity contribution in [3.05, 3.63) is 66.0 Å². The van der Waals surface area contributed by atoms with Crippen LogP contribution in [0.1, 0.15) is 19.4 Å². The second-order valence-electron chi connectivity index (χ2n) is 9.18. The van der Waals surface area contributed by atoms with Crippen molar-refractivity contribution in [3.63, 3.8) is 0 Å². The first-order valence-corrected chi connectivity index (χ1v) is 12.2. The molecule has 36 heavy (non-hydrogen) atoms. The van der Waals surface area contributed by atoms with E-state index in [0.29, 0.717) is 23.2 Å². The molecule has 0 atom stereocenters. The summed E-state index contributed by atoms with van der Waals surface area (Å²) in [4.78, 5) is 12.8. The minimum Gasteiger partial charge on any atom is -0.495 e. The van der Waals surface area contributed by atoms with Crippen molar-refractivity contribution >= 4 is 23.0 Å². The highest BCUT2D eigenvalue weighted by Crippen LogP contribution is 2.36. The van der Waals surface area contributed by atoms with Crippen LogP contribution >= 0.6 is 0 Å². The summed E-state index contributed by atoms with van der Waals surface area (Å²) in [7, 11) is 1.64. The first-order chi connectivity index (χ1) is 17.4. The summed E-state index contributed by atoms with van der Waals surface area (Å²) in [5, 5.41) is 6.48. The lowest BCUT2D eigenvalue weighted by molar-refractivity contribution is 0.413. The number of aromatic nitrogens is 2. The zero-order valence-corrected chi connectivity index (χ0v) is 20.7. The van der Waals surface area contributed by atoms with Gasteiger partial charge in [-0.3, -0.25) is 0 Å². The molecule has 2 aliphatic rings. The number of anilines is 4. The Hall–Kier alpha value is -3.72. The molecule has 188 valence electrons. The van der Waals surface area contributed by atoms with E-state index in [-0.39, 0.29) is 23.5 Å². The molecule has 2 aromatic carbocycles. The van der Waals surface area contributed by atoms with Crippen LogP contribution in [0.5, 0.6) is 5.75 Å². The molecule has 1 saturated heterocycles. The second-order valence-corrected chi connectivity index (χ2v) is 9.18. The lowest BCUT2D eigenvalue weighted by Gasteiger charge is -2.31. The molecule has 0 radical (unpaired) electrons. The van der Waals surface area contributed by atoms with Crippen molar-refractivity contribution in [2.75, 3.05) is 48.4 Å². The van der Waals surface area contributed by atoms with Crippen LogP contribution in [-0.2, 0) is 6.42 Å². The van der Waals surface area contributed by atoms with Crippen LogP contribution in [0.4, 0.5) is 31.8 Å². The Morgan fingerprint density at radius 1 is 1.06 bits per heavy atom. The maximum atomic E-state index is 15.0. The van der Waals surface area contributed by atoms with E-state index in [0.717, 1.165) is 49.5 Å². The van der Waals surface area contributed by atoms with Gasteiger partial charge in [-0.1, -0.05) is 6.08 Å². The third kappa shape index (κ3) is 4.70. The van der Waals surface area contributed by atoms with Gasteiger partial charge in [-0.2, -0.15) is 0 Å². The predicted molar refractivity (Wildman–Crippen MR) is 139 cm³/mol. The van der Waals surface area contributed by atoms with Gasteiger partial charge in [-0.15, -0.1) is 0 Å². The van der Waals surface area contributed by atoms with Crippen LogP contribution in [0.3, 0.4) is 0 Å². The molecule has 2 aliphatic heterocycles. The normalized spacial score (nSPS) is 15.3. The number of halogens is 2. The van der Waals surface area contributed by atoms with Crippen LogP contribution in [0.15, 0.2) is 48.8 Å². The number of methoxy groups -OCH3 is 1. The highest BCUT2D eigenvalue weighted by atomic mass is 19.1. The van der Waals surface area contributed by atoms with Crippen molar-refractivity contribution in [2.45, 2.75) is 26.3 Å². The molecule has 0 saturated carbocycles. The van der Waals surface area contributed by atoms with Crippen molar-refractivity contribution in [1.82, 2.24) is 15.3 Å². The molecule has 3 aromatic rings. The summed E-state index contributed by atoms with van der Waals surface area (Å²) in [6, 6.07) is 9.04. The molecule has 0 aliphatic carbocycles. The molecule has 0 unspecified atom stereocenters. The topological polar surface area (TPSA) is 65.5 Å². The van der Waals surface area contributed by atoms with Gasteiger partial charge in [0.15, 0.2) is 5.82 Å². The third-order valence-electron chi connectivity index (χ3n) is 6.51. The van der Waals surface area contributed by atoms with Crippen LogP contribution in [0.2, 0.25) is 0 Å². The minimum atomic E-state index is -0.617. The number of ether oxygens (including phenoxy) is 1. The van der Waals surface area contributed by atoms with E-state index in [9.17, 15) is 4.39 Å². The Balaban J connectivity index is 1.45. The minimum absolute atomic E-state index is 0.0388. The van der Waals surface area contributed by atoms with Crippen LogP contribution in [-0.4, -0.2) is 49.3 Å². The van der Waals surface area contributed by atoms with Gasteiger partial charge in [0.1, 0.15) is 17.3 Å². The fraction of sp³-hybridized carbons (Fsp3) is 0.333. The number of hydrogen-bond donors (Lipinski definition) is 2. The molecule has 1 aromatic heterocycles. The second kappa shape index (κ2) is 10.1. The zero-order valence-electron chi connectivity index (χ0n) is 20.7. The van der Waals surface area contributed by atoms with Gasteiger partial charge >= 0.3 is 0 Å². The molecule has 9 heteroatoms. The SMILES string of the molecule is COc1cc(Nc2ncc(F)c(-c3cc(F)c4c(c3)N(C(C)C)C=CC4)n2)ccc1N1CCNCC1. The largest absolute Gasteiger partial charge is 0.495 e. The lowest BCUT2D eigenvalue weighted by atomic mass is 9.99. The van der Waals surface area contributed by atoms with Crippen molar-refractivity contribution in [3.8, 4) is 17.0 Å². The van der Waals surface area contributed by atoms with Crippen LogP contribution in [0, 0.1) is 11.6 Å². The van der Waals surface area contributed by atoms with Gasteiger partial charge in [0, 0.05) is 67.0 Å². The van der Waals surface area contributed by atoms with E-state index < -0.39 is 5.82 Å². The number of fused-ring (bicyclic) bond motifs is 1. The molecule has 3 heterocycles. The van der Waals surface area contributed by atoms with Crippen LogP contribution in [0.25, 0.3) is 11.3 Å². The molecular weight excluding hydrogens is 462 g/mol. The van der Waals surface area contributed by atoms with Gasteiger partial charge in [0.2, 0.25) is 5.95 Å². The summed E-state index contributed by atoms with van der Waals surface area (Å²) in [5.41, 5.74) is 3.44. The molecule has 0 amide bonds. The van der Waals surface area contributed by atoms with Crippen molar-refractivity contribution in [1.29, 1.82) is 0 Å². The Kier molecular flexibility index (Phi) is 6.73. The highest BCUT2D eigenvalue weighted by Gasteiger charge is 2.22. The first kappa shape index (κ1) is 24.0. The lowest BCUT2D eigenvalue weighted by Crippen LogP contribution is -2.43. The number of allylic oxidation sites excluding steroid dienone is 1. The summed E-state index contributed by atoms with van der Waals surface area (Å²) < 4.78 is 35.5. The summed E-state index contributed by atoms with van der Waals surface area (Å²) in [6.07, 6.45) is 5.47. The first-order valence-electron chi connectivity index (χ1n) is 12.2. The summed E-state index contributed by atoms with van der Waals surface area (Å²) in [5.74, 6) is -0.0582. The van der Waals surface area contributed by atoms with Crippen molar-refractivity contribution < 1.29 is 13.5 Å². The summed E-state index contributed by atoms with van der Waals surface area (Å²) >= 11 is 0. The molecule has 5 rings (SSSR count). The third-order valence-corrected chi connectivity index (χ3v) is 6.51. The molecule has 0 bridgehead atoms. The van der Waals surface area contributed by atoms with Crippen molar-refractivity contribution in [2.24, 2.45) is 0 Å². The maximum Gasteiger partial charge on any atom is 0.227 e. The monoisotopic (exact) mass is 492 g/mol. The Morgan fingerprint density at radius 2 is 1.86 bits per heavy atom. The molecule has 7 nitrogen and oxygen atoms in total. The van der Waals surface area contributed by atoms with E-state index in [1.165, 1.54) is 6.07 Å². The van der Waals surface area contributed by atoms with E-state index >= 15 is 4.39 Å². The van der Waals surface area contributed by atoms with Gasteiger partial charge in [0.05, 0.1) is 19.0 Å². The van der Waals surface area contributed by atoms with Gasteiger partial charge < -0.3 is 25.2 Å². The highest BCUT2D eigenvalue weighted by molar-refractivity contribution is 5.73. The number of hydrogen-bond acceptors (Lipinski definition) is 7. The number of benzene rings is 2. The average Bonchev–Trinajstić information content (AvgIpc) is 2.89. The Bertz CT molecular complexity index is 1290. The fourth-order valence-electron chi connectivity index (χ4n) is 4.69. The predicted octanol–water partition coefficient (Wildman–Crippen LogP) is 4.87. The maximum absolute atomic E-state index is 15.0. The summed E-state index contributed by atoms with van der Waals surface area (Å²) in [6.45, 7) is 7.69. The standard InChI is InChI=1S/C27H30F2N6O/c1-17(2)35-10-4-5-20-21(28)13-18(14-24(20)35)26-22(29)16-31-27(33-26)32-19-6-7-23(25(15-19)36-3)34-11-8-30-9-12-34/h4,6-7,10,13-17,30H,5,8-9,11-12H2,1-3H3,(H,31,32,33). The van der Waals surface area contributed by atoms with Gasteiger partial charge in [0.25, 0.3) is 0 Å². The van der Waals surface area contributed by atoms with Gasteiger partial charge in [-0.05, 0) is 44.5 Å². The van der Waals surface area contributed by atoms with Gasteiger partial charge in [-0.25, -0.2) is 18.7 Å². The molecule has 1 fully saturated rings. The number of piperazine rings is 1.